The van der Waals surface area contributed by atoms with Gasteiger partial charge in [0.1, 0.15) is 5.75 Å². The molecule has 0 saturated carbocycles. The first-order valence-corrected chi connectivity index (χ1v) is 10.4. The Bertz CT molecular complexity index is 981. The van der Waals surface area contributed by atoms with Crippen molar-refractivity contribution in [1.82, 2.24) is 20.0 Å². The molecule has 0 N–H and O–H groups in total. The van der Waals surface area contributed by atoms with Gasteiger partial charge in [-0.3, -0.25) is 9.80 Å². The molecule has 1 fully saturated rings. The summed E-state index contributed by atoms with van der Waals surface area (Å²) < 4.78 is 11.4. The zero-order valence-corrected chi connectivity index (χ0v) is 16.9. The van der Waals surface area contributed by atoms with Gasteiger partial charge in [0, 0.05) is 49.7 Å². The van der Waals surface area contributed by atoms with Gasteiger partial charge in [-0.2, -0.15) is 0 Å². The van der Waals surface area contributed by atoms with Gasteiger partial charge in [-0.1, -0.05) is 23.7 Å². The number of nitrogens with zero attached hydrogens (tertiary/aromatic N) is 4. The van der Waals surface area contributed by atoms with E-state index in [0.29, 0.717) is 23.3 Å². The highest BCUT2D eigenvalue weighted by molar-refractivity contribution is 6.30. The zero-order chi connectivity index (χ0) is 19.6. The van der Waals surface area contributed by atoms with Crippen LogP contribution in [0.1, 0.15) is 17.0 Å². The molecule has 0 radical (unpaired) electrons. The van der Waals surface area contributed by atoms with Crippen molar-refractivity contribution >= 4 is 11.6 Å². The van der Waals surface area contributed by atoms with Crippen molar-refractivity contribution in [2.45, 2.75) is 19.5 Å². The molecule has 0 unspecified atom stereocenters. The fourth-order valence-electron chi connectivity index (χ4n) is 3.92. The lowest BCUT2D eigenvalue weighted by Gasteiger charge is -2.34. The summed E-state index contributed by atoms with van der Waals surface area (Å²) in [4.78, 5) is 4.87. The number of rotatable bonds is 5. The minimum atomic E-state index is 0.538. The first-order valence-electron chi connectivity index (χ1n) is 10.0. The molecule has 1 saturated heterocycles. The summed E-state index contributed by atoms with van der Waals surface area (Å²) in [6.45, 7) is 6.54. The minimum Gasteiger partial charge on any atom is -0.493 e. The van der Waals surface area contributed by atoms with E-state index in [1.165, 1.54) is 11.1 Å². The summed E-state index contributed by atoms with van der Waals surface area (Å²) in [5, 5.41) is 9.08. The van der Waals surface area contributed by atoms with Crippen LogP contribution in [0.3, 0.4) is 0 Å². The van der Waals surface area contributed by atoms with Crippen LogP contribution < -0.4 is 4.74 Å². The molecule has 0 atom stereocenters. The van der Waals surface area contributed by atoms with E-state index in [1.54, 1.807) is 0 Å². The largest absolute Gasteiger partial charge is 0.493 e. The van der Waals surface area contributed by atoms with E-state index in [1.807, 2.05) is 24.3 Å². The van der Waals surface area contributed by atoms with Crippen molar-refractivity contribution < 1.29 is 9.15 Å². The normalized spacial score (nSPS) is 17.3. The Kier molecular flexibility index (Phi) is 5.23. The molecule has 1 aromatic heterocycles. The molecule has 150 valence electrons. The molecule has 0 spiro atoms. The Morgan fingerprint density at radius 1 is 0.897 bits per heavy atom. The number of ether oxygens (including phenoxy) is 1. The molecule has 2 aliphatic rings. The fraction of sp³-hybridized carbons (Fsp3) is 0.364. The molecule has 3 heterocycles. The summed E-state index contributed by atoms with van der Waals surface area (Å²) >= 11 is 5.94. The van der Waals surface area contributed by atoms with Crippen LogP contribution in [0.5, 0.6) is 5.75 Å². The molecule has 0 amide bonds. The van der Waals surface area contributed by atoms with Crippen molar-refractivity contribution in [2.75, 3.05) is 32.8 Å². The van der Waals surface area contributed by atoms with Crippen LogP contribution >= 0.6 is 11.6 Å². The van der Waals surface area contributed by atoms with Gasteiger partial charge in [0.25, 0.3) is 0 Å². The molecule has 29 heavy (non-hydrogen) atoms. The number of fused-ring (bicyclic) bond motifs is 1. The van der Waals surface area contributed by atoms with Gasteiger partial charge in [-0.15, -0.1) is 10.2 Å². The zero-order valence-electron chi connectivity index (χ0n) is 16.2. The maximum atomic E-state index is 5.94. The Morgan fingerprint density at radius 3 is 2.45 bits per heavy atom. The fourth-order valence-corrected chi connectivity index (χ4v) is 4.05. The molecular formula is C22H23ClN4O2. The van der Waals surface area contributed by atoms with Crippen LogP contribution in [0.15, 0.2) is 46.9 Å². The average molecular weight is 411 g/mol. The van der Waals surface area contributed by atoms with Crippen LogP contribution in [0.2, 0.25) is 5.02 Å². The Morgan fingerprint density at radius 2 is 1.66 bits per heavy atom. The second-order valence-electron chi connectivity index (χ2n) is 7.60. The highest BCUT2D eigenvalue weighted by Gasteiger charge is 2.20. The number of aromatic nitrogens is 2. The molecule has 2 aromatic carbocycles. The highest BCUT2D eigenvalue weighted by atomic mass is 35.5. The lowest BCUT2D eigenvalue weighted by molar-refractivity contribution is 0.114. The summed E-state index contributed by atoms with van der Waals surface area (Å²) in [6.07, 6.45) is 1.03. The number of hydrogen-bond donors (Lipinski definition) is 0. The lowest BCUT2D eigenvalue weighted by Crippen LogP contribution is -2.45. The van der Waals surface area contributed by atoms with Crippen molar-refractivity contribution in [3.8, 4) is 17.2 Å². The van der Waals surface area contributed by atoms with E-state index in [9.17, 15) is 0 Å². The molecule has 5 rings (SSSR count). The van der Waals surface area contributed by atoms with Crippen LogP contribution in [-0.2, 0) is 19.5 Å². The quantitative estimate of drug-likeness (QED) is 0.640. The van der Waals surface area contributed by atoms with Crippen LogP contribution in [0.4, 0.5) is 0 Å². The Labute approximate surface area is 175 Å². The van der Waals surface area contributed by atoms with E-state index in [4.69, 9.17) is 20.8 Å². The molecular weight excluding hydrogens is 388 g/mol. The number of halogens is 1. The molecule has 3 aromatic rings. The third-order valence-corrected chi connectivity index (χ3v) is 5.79. The third-order valence-electron chi connectivity index (χ3n) is 5.54. The van der Waals surface area contributed by atoms with Gasteiger partial charge in [0.15, 0.2) is 0 Å². The first kappa shape index (κ1) is 18.6. The maximum Gasteiger partial charge on any atom is 0.247 e. The van der Waals surface area contributed by atoms with Gasteiger partial charge in [-0.05, 0) is 41.5 Å². The molecule has 7 heteroatoms. The van der Waals surface area contributed by atoms with Crippen molar-refractivity contribution in [1.29, 1.82) is 0 Å². The van der Waals surface area contributed by atoms with Gasteiger partial charge in [0.05, 0.1) is 13.2 Å². The summed E-state index contributed by atoms with van der Waals surface area (Å²) in [6, 6.07) is 14.0. The number of piperazine rings is 1. The third kappa shape index (κ3) is 4.29. The van der Waals surface area contributed by atoms with Crippen LogP contribution in [-0.4, -0.2) is 52.8 Å². The number of benzene rings is 2. The smallest absolute Gasteiger partial charge is 0.247 e. The SMILES string of the molecule is Clc1ccc(-c2nnc(CN3CCN(Cc4ccc5c(c4)CCO5)CC3)o2)cc1. The topological polar surface area (TPSA) is 54.6 Å². The average Bonchev–Trinajstić information content (AvgIpc) is 3.39. The van der Waals surface area contributed by atoms with Crippen molar-refractivity contribution in [2.24, 2.45) is 0 Å². The van der Waals surface area contributed by atoms with Gasteiger partial charge >= 0.3 is 0 Å². The van der Waals surface area contributed by atoms with Gasteiger partial charge in [0.2, 0.25) is 11.8 Å². The minimum absolute atomic E-state index is 0.538. The molecule has 0 aliphatic carbocycles. The predicted molar refractivity (Wildman–Crippen MR) is 111 cm³/mol. The summed E-state index contributed by atoms with van der Waals surface area (Å²) in [5.74, 6) is 2.24. The predicted octanol–water partition coefficient (Wildman–Crippen LogP) is 3.64. The first-order chi connectivity index (χ1) is 14.2. The number of hydrogen-bond acceptors (Lipinski definition) is 6. The van der Waals surface area contributed by atoms with Crippen molar-refractivity contribution in [3.63, 3.8) is 0 Å². The summed E-state index contributed by atoms with van der Waals surface area (Å²) in [7, 11) is 0. The Hall–Kier alpha value is -2.41. The van der Waals surface area contributed by atoms with Gasteiger partial charge in [-0.25, -0.2) is 0 Å². The van der Waals surface area contributed by atoms with E-state index >= 15 is 0 Å². The van der Waals surface area contributed by atoms with Crippen LogP contribution in [0.25, 0.3) is 11.5 Å². The Balaban J connectivity index is 1.14. The summed E-state index contributed by atoms with van der Waals surface area (Å²) in [5.41, 5.74) is 3.60. The second kappa shape index (κ2) is 8.14. The van der Waals surface area contributed by atoms with Crippen molar-refractivity contribution in [3.05, 3.63) is 64.5 Å². The second-order valence-corrected chi connectivity index (χ2v) is 8.04. The van der Waals surface area contributed by atoms with E-state index in [-0.39, 0.29) is 0 Å². The van der Waals surface area contributed by atoms with E-state index in [0.717, 1.165) is 57.1 Å². The van der Waals surface area contributed by atoms with E-state index < -0.39 is 0 Å². The van der Waals surface area contributed by atoms with Gasteiger partial charge < -0.3 is 9.15 Å². The molecule has 0 bridgehead atoms. The maximum absolute atomic E-state index is 5.94. The molecule has 6 nitrogen and oxygen atoms in total. The molecule has 2 aliphatic heterocycles. The monoisotopic (exact) mass is 410 g/mol. The van der Waals surface area contributed by atoms with E-state index in [2.05, 4.69) is 38.2 Å². The lowest BCUT2D eigenvalue weighted by atomic mass is 10.1. The standard InChI is InChI=1S/C22H23ClN4O2/c23-19-4-2-17(3-5-19)22-25-24-21(29-22)15-27-10-8-26(9-11-27)14-16-1-6-20-18(13-16)7-12-28-20/h1-6,13H,7-12,14-15H2. The van der Waals surface area contributed by atoms with Crippen LogP contribution in [0, 0.1) is 0 Å². The highest BCUT2D eigenvalue weighted by Crippen LogP contribution is 2.26.